The fourth-order valence-corrected chi connectivity index (χ4v) is 1.71. The zero-order chi connectivity index (χ0) is 14.7. The summed E-state index contributed by atoms with van der Waals surface area (Å²) in [7, 11) is 1.19. The van der Waals surface area contributed by atoms with Crippen molar-refractivity contribution in [3.63, 3.8) is 0 Å². The average molecular weight is 299 g/mol. The highest BCUT2D eigenvalue weighted by molar-refractivity contribution is 6.31. The van der Waals surface area contributed by atoms with Crippen LogP contribution in [0.25, 0.3) is 0 Å². The molecular weight excluding hydrogens is 290 g/mol. The van der Waals surface area contributed by atoms with Crippen LogP contribution in [0.3, 0.4) is 0 Å². The third-order valence-electron chi connectivity index (χ3n) is 2.46. The number of benzene rings is 2. The topological polar surface area (TPSA) is 35.5 Å². The molecule has 2 aromatic carbocycles. The molecule has 20 heavy (non-hydrogen) atoms. The van der Waals surface area contributed by atoms with Gasteiger partial charge >= 0.3 is 5.97 Å². The van der Waals surface area contributed by atoms with Crippen LogP contribution >= 0.6 is 11.6 Å². The number of carbonyl (C=O) groups excluding carboxylic acids is 1. The molecule has 0 saturated carbocycles. The lowest BCUT2D eigenvalue weighted by molar-refractivity contribution is 0.0598. The summed E-state index contributed by atoms with van der Waals surface area (Å²) in [5.41, 5.74) is 0.0173. The van der Waals surface area contributed by atoms with Crippen LogP contribution in [0.5, 0.6) is 11.5 Å². The van der Waals surface area contributed by atoms with Gasteiger partial charge in [-0.3, -0.25) is 0 Å². The van der Waals surface area contributed by atoms with E-state index in [4.69, 9.17) is 16.3 Å². The van der Waals surface area contributed by atoms with Crippen molar-refractivity contribution in [3.05, 3.63) is 58.6 Å². The monoisotopic (exact) mass is 298 g/mol. The van der Waals surface area contributed by atoms with Gasteiger partial charge < -0.3 is 9.47 Å². The largest absolute Gasteiger partial charge is 0.465 e. The van der Waals surface area contributed by atoms with Crippen LogP contribution in [-0.2, 0) is 4.74 Å². The van der Waals surface area contributed by atoms with Gasteiger partial charge in [-0.15, -0.1) is 0 Å². The molecule has 0 fully saturated rings. The van der Waals surface area contributed by atoms with Crippen LogP contribution in [0, 0.1) is 11.6 Å². The lowest BCUT2D eigenvalue weighted by atomic mass is 10.2. The summed E-state index contributed by atoms with van der Waals surface area (Å²) >= 11 is 5.78. The van der Waals surface area contributed by atoms with Crippen molar-refractivity contribution >= 4 is 17.6 Å². The van der Waals surface area contributed by atoms with E-state index in [0.29, 0.717) is 0 Å². The highest BCUT2D eigenvalue weighted by Crippen LogP contribution is 2.30. The van der Waals surface area contributed by atoms with Crippen molar-refractivity contribution in [2.45, 2.75) is 0 Å². The van der Waals surface area contributed by atoms with Gasteiger partial charge in [-0.05, 0) is 30.3 Å². The van der Waals surface area contributed by atoms with Gasteiger partial charge in [0.15, 0.2) is 11.6 Å². The van der Waals surface area contributed by atoms with Gasteiger partial charge in [-0.25, -0.2) is 13.6 Å². The number of esters is 1. The fourth-order valence-electron chi connectivity index (χ4n) is 1.53. The number of hydrogen-bond acceptors (Lipinski definition) is 3. The van der Waals surface area contributed by atoms with Gasteiger partial charge in [0.2, 0.25) is 0 Å². The van der Waals surface area contributed by atoms with Crippen LogP contribution in [0.2, 0.25) is 5.02 Å². The Morgan fingerprint density at radius 3 is 2.55 bits per heavy atom. The molecule has 0 aliphatic carbocycles. The zero-order valence-corrected chi connectivity index (χ0v) is 11.1. The first-order valence-corrected chi connectivity index (χ1v) is 5.90. The Bertz CT molecular complexity index is 659. The first-order valence-electron chi connectivity index (χ1n) is 5.52. The molecule has 0 amide bonds. The van der Waals surface area contributed by atoms with Crippen molar-refractivity contribution in [2.24, 2.45) is 0 Å². The van der Waals surface area contributed by atoms with E-state index < -0.39 is 17.6 Å². The smallest absolute Gasteiger partial charge is 0.341 e. The van der Waals surface area contributed by atoms with Gasteiger partial charge in [0.25, 0.3) is 0 Å². The highest BCUT2D eigenvalue weighted by atomic mass is 35.5. The molecule has 0 aliphatic rings. The molecule has 2 aromatic rings. The Morgan fingerprint density at radius 2 is 1.85 bits per heavy atom. The summed E-state index contributed by atoms with van der Waals surface area (Å²) in [6.45, 7) is 0. The Morgan fingerprint density at radius 1 is 1.10 bits per heavy atom. The Labute approximate surface area is 118 Å². The maximum absolute atomic E-state index is 13.5. The minimum Gasteiger partial charge on any atom is -0.465 e. The number of methoxy groups -OCH3 is 1. The molecule has 0 atom stereocenters. The summed E-state index contributed by atoms with van der Waals surface area (Å²) in [6.07, 6.45) is 0. The van der Waals surface area contributed by atoms with E-state index in [-0.39, 0.29) is 22.1 Å². The van der Waals surface area contributed by atoms with E-state index in [1.54, 1.807) is 0 Å². The van der Waals surface area contributed by atoms with Gasteiger partial charge in [0.1, 0.15) is 17.1 Å². The van der Waals surface area contributed by atoms with Crippen molar-refractivity contribution in [3.8, 4) is 11.5 Å². The van der Waals surface area contributed by atoms with E-state index >= 15 is 0 Å². The molecule has 0 spiro atoms. The van der Waals surface area contributed by atoms with E-state index in [0.717, 1.165) is 18.2 Å². The van der Waals surface area contributed by atoms with Gasteiger partial charge in [-0.1, -0.05) is 11.6 Å². The molecule has 0 radical (unpaired) electrons. The van der Waals surface area contributed by atoms with Crippen molar-refractivity contribution in [1.29, 1.82) is 0 Å². The van der Waals surface area contributed by atoms with Crippen LogP contribution < -0.4 is 4.74 Å². The quantitative estimate of drug-likeness (QED) is 0.797. The predicted molar refractivity (Wildman–Crippen MR) is 69.2 cm³/mol. The first kappa shape index (κ1) is 14.3. The number of carbonyl (C=O) groups is 1. The van der Waals surface area contributed by atoms with Gasteiger partial charge in [0.05, 0.1) is 7.11 Å². The van der Waals surface area contributed by atoms with E-state index in [9.17, 15) is 13.6 Å². The minimum atomic E-state index is -0.753. The average Bonchev–Trinajstić information content (AvgIpc) is 2.43. The Kier molecular flexibility index (Phi) is 4.20. The van der Waals surface area contributed by atoms with Gasteiger partial charge in [-0.2, -0.15) is 0 Å². The third kappa shape index (κ3) is 3.05. The molecule has 104 valence electrons. The number of ether oxygens (including phenoxy) is 2. The van der Waals surface area contributed by atoms with E-state index in [2.05, 4.69) is 4.74 Å². The number of hydrogen-bond donors (Lipinski definition) is 0. The van der Waals surface area contributed by atoms with Crippen molar-refractivity contribution in [2.75, 3.05) is 7.11 Å². The van der Waals surface area contributed by atoms with E-state index in [1.807, 2.05) is 0 Å². The second-order valence-electron chi connectivity index (χ2n) is 3.81. The second-order valence-corrected chi connectivity index (χ2v) is 4.25. The number of halogens is 3. The molecule has 0 aromatic heterocycles. The van der Waals surface area contributed by atoms with Crippen LogP contribution in [0.4, 0.5) is 8.78 Å². The molecule has 2 rings (SSSR count). The summed E-state index contributed by atoms with van der Waals surface area (Å²) in [5.74, 6) is -2.42. The Hall–Kier alpha value is -2.14. The predicted octanol–water partition coefficient (Wildman–Crippen LogP) is 4.20. The standard InChI is InChI=1S/C14H9ClF2O3/c1-19-14(18)10-6-8(15)2-5-12(10)20-13-7-9(16)3-4-11(13)17/h2-7H,1H3. The minimum absolute atomic E-state index is 0.0173. The van der Waals surface area contributed by atoms with Gasteiger partial charge in [0, 0.05) is 11.1 Å². The zero-order valence-electron chi connectivity index (χ0n) is 10.3. The molecule has 0 N–H and O–H groups in total. The summed E-state index contributed by atoms with van der Waals surface area (Å²) < 4.78 is 36.4. The first-order chi connectivity index (χ1) is 9.51. The molecule has 0 saturated heterocycles. The lowest BCUT2D eigenvalue weighted by Crippen LogP contribution is -2.04. The molecule has 6 heteroatoms. The Balaban J connectivity index is 2.43. The van der Waals surface area contributed by atoms with Crippen molar-refractivity contribution < 1.29 is 23.0 Å². The molecular formula is C14H9ClF2O3. The SMILES string of the molecule is COC(=O)c1cc(Cl)ccc1Oc1cc(F)ccc1F. The van der Waals surface area contributed by atoms with E-state index in [1.165, 1.54) is 25.3 Å². The van der Waals surface area contributed by atoms with Crippen molar-refractivity contribution in [1.82, 2.24) is 0 Å². The summed E-state index contributed by atoms with van der Waals surface area (Å²) in [4.78, 5) is 11.6. The molecule has 0 aliphatic heterocycles. The summed E-state index contributed by atoms with van der Waals surface area (Å²) in [6, 6.07) is 6.92. The molecule has 0 heterocycles. The molecule has 0 bridgehead atoms. The van der Waals surface area contributed by atoms with Crippen LogP contribution in [0.1, 0.15) is 10.4 Å². The maximum Gasteiger partial charge on any atom is 0.341 e. The normalized spacial score (nSPS) is 10.2. The molecule has 0 unspecified atom stereocenters. The highest BCUT2D eigenvalue weighted by Gasteiger charge is 2.16. The van der Waals surface area contributed by atoms with Crippen LogP contribution in [0.15, 0.2) is 36.4 Å². The summed E-state index contributed by atoms with van der Waals surface area (Å²) in [5, 5.41) is 0.289. The van der Waals surface area contributed by atoms with Crippen LogP contribution in [-0.4, -0.2) is 13.1 Å². The fraction of sp³-hybridized carbons (Fsp3) is 0.0714. The second kappa shape index (κ2) is 5.88. The third-order valence-corrected chi connectivity index (χ3v) is 2.70. The number of rotatable bonds is 3. The lowest BCUT2D eigenvalue weighted by Gasteiger charge is -2.11. The maximum atomic E-state index is 13.5. The molecule has 3 nitrogen and oxygen atoms in total.